The molecule has 0 aromatic carbocycles. The van der Waals surface area contributed by atoms with Gasteiger partial charge in [-0.1, -0.05) is 20.8 Å². The van der Waals surface area contributed by atoms with E-state index in [2.05, 4.69) is 62.9 Å². The largest absolute Gasteiger partial charge is 0.370 e. The predicted molar refractivity (Wildman–Crippen MR) is 103 cm³/mol. The number of rotatable bonds is 3. The third-order valence-corrected chi connectivity index (χ3v) is 3.19. The molecule has 0 aliphatic rings. The minimum atomic E-state index is -0.0704. The molecule has 0 unspecified atom stereocenters. The molecule has 120 valence electrons. The Morgan fingerprint density at radius 2 is 1.90 bits per heavy atom. The first-order valence-electron chi connectivity index (χ1n) is 6.77. The summed E-state index contributed by atoms with van der Waals surface area (Å²) in [5, 5.41) is 4.17. The van der Waals surface area contributed by atoms with Crippen molar-refractivity contribution in [1.29, 1.82) is 0 Å². The van der Waals surface area contributed by atoms with E-state index in [1.165, 1.54) is 0 Å². The molecule has 0 amide bonds. The molecule has 0 aliphatic heterocycles. The molecule has 21 heavy (non-hydrogen) atoms. The zero-order valence-corrected chi connectivity index (χ0v) is 16.9. The van der Waals surface area contributed by atoms with Crippen molar-refractivity contribution in [3.05, 3.63) is 23.9 Å². The van der Waals surface area contributed by atoms with Crippen LogP contribution in [0.5, 0.6) is 0 Å². The molecule has 0 aliphatic carbocycles. The third-order valence-electron chi connectivity index (χ3n) is 2.15. The van der Waals surface area contributed by atoms with Crippen LogP contribution in [0.15, 0.2) is 28.3 Å². The van der Waals surface area contributed by atoms with E-state index >= 15 is 0 Å². The maximum atomic E-state index is 5.87. The van der Waals surface area contributed by atoms with Crippen LogP contribution in [-0.2, 0) is 6.54 Å². The molecule has 0 saturated carbocycles. The van der Waals surface area contributed by atoms with Crippen LogP contribution in [0.2, 0.25) is 0 Å². The van der Waals surface area contributed by atoms with Crippen molar-refractivity contribution in [2.45, 2.75) is 63.4 Å². The molecule has 0 atom stereocenters. The molecule has 0 bridgehead atoms. The maximum absolute atomic E-state index is 5.87. The second kappa shape index (κ2) is 8.22. The van der Waals surface area contributed by atoms with Crippen LogP contribution >= 0.6 is 35.7 Å². The first-order chi connectivity index (χ1) is 9.05. The van der Waals surface area contributed by atoms with E-state index in [0.717, 1.165) is 10.6 Å². The van der Waals surface area contributed by atoms with Crippen molar-refractivity contribution in [3.63, 3.8) is 0 Å². The zero-order valence-electron chi connectivity index (χ0n) is 13.7. The number of thioether (sulfide) groups is 1. The molecular weight excluding hydrogens is 395 g/mol. The lowest BCUT2D eigenvalue weighted by Gasteiger charge is -2.21. The van der Waals surface area contributed by atoms with Gasteiger partial charge in [-0.05, 0) is 38.5 Å². The molecule has 6 heteroatoms. The van der Waals surface area contributed by atoms with Gasteiger partial charge < -0.3 is 11.1 Å². The predicted octanol–water partition coefficient (Wildman–Crippen LogP) is 3.79. The van der Waals surface area contributed by atoms with Gasteiger partial charge in [-0.2, -0.15) is 0 Å². The van der Waals surface area contributed by atoms with Crippen molar-refractivity contribution >= 4 is 41.7 Å². The first kappa shape index (κ1) is 20.5. The van der Waals surface area contributed by atoms with E-state index in [9.17, 15) is 0 Å². The van der Waals surface area contributed by atoms with Crippen molar-refractivity contribution in [2.75, 3.05) is 0 Å². The summed E-state index contributed by atoms with van der Waals surface area (Å²) < 4.78 is 0.154. The van der Waals surface area contributed by atoms with Gasteiger partial charge in [0.15, 0.2) is 5.96 Å². The highest BCUT2D eigenvalue weighted by Gasteiger charge is 2.13. The highest BCUT2D eigenvalue weighted by Crippen LogP contribution is 2.30. The van der Waals surface area contributed by atoms with Crippen LogP contribution in [0, 0.1) is 0 Å². The first-order valence-corrected chi connectivity index (χ1v) is 7.59. The van der Waals surface area contributed by atoms with Gasteiger partial charge in [0.2, 0.25) is 0 Å². The molecule has 3 N–H and O–H groups in total. The van der Waals surface area contributed by atoms with E-state index in [-0.39, 0.29) is 34.3 Å². The Bertz CT molecular complexity index is 475. The zero-order chi connectivity index (χ0) is 15.4. The summed E-state index contributed by atoms with van der Waals surface area (Å²) in [6, 6.07) is 4.05. The van der Waals surface area contributed by atoms with Crippen molar-refractivity contribution < 1.29 is 0 Å². The van der Waals surface area contributed by atoms with Crippen LogP contribution in [0.1, 0.15) is 47.1 Å². The van der Waals surface area contributed by atoms with Gasteiger partial charge in [0.05, 0.1) is 11.6 Å². The smallest absolute Gasteiger partial charge is 0.189 e. The fourth-order valence-corrected chi connectivity index (χ4v) is 2.47. The van der Waals surface area contributed by atoms with Gasteiger partial charge in [-0.15, -0.1) is 35.7 Å². The molecule has 0 spiro atoms. The summed E-state index contributed by atoms with van der Waals surface area (Å²) in [5.74, 6) is 0.472. The number of pyridine rings is 1. The van der Waals surface area contributed by atoms with E-state index in [4.69, 9.17) is 5.73 Å². The number of nitrogens with zero attached hydrogens (tertiary/aromatic N) is 2. The van der Waals surface area contributed by atoms with Gasteiger partial charge in [-0.25, -0.2) is 9.98 Å². The van der Waals surface area contributed by atoms with Gasteiger partial charge in [0.25, 0.3) is 0 Å². The highest BCUT2D eigenvalue weighted by molar-refractivity contribution is 14.0. The van der Waals surface area contributed by atoms with Crippen molar-refractivity contribution in [3.8, 4) is 0 Å². The molecule has 1 aromatic rings. The van der Waals surface area contributed by atoms with Gasteiger partial charge in [0.1, 0.15) is 0 Å². The lowest BCUT2D eigenvalue weighted by atomic mass is 10.1. The summed E-state index contributed by atoms with van der Waals surface area (Å²) in [6.07, 6.45) is 1.83. The molecule has 0 saturated heterocycles. The Morgan fingerprint density at radius 3 is 2.43 bits per heavy atom. The van der Waals surface area contributed by atoms with Crippen molar-refractivity contribution in [1.82, 2.24) is 10.3 Å². The van der Waals surface area contributed by atoms with Crippen LogP contribution in [-0.4, -0.2) is 21.2 Å². The molecule has 4 nitrogen and oxygen atoms in total. The summed E-state index contributed by atoms with van der Waals surface area (Å²) >= 11 is 1.75. The number of aliphatic imine (C=N–C) groups is 1. The molecule has 0 radical (unpaired) electrons. The average Bonchev–Trinajstić information content (AvgIpc) is 2.22. The van der Waals surface area contributed by atoms with Gasteiger partial charge >= 0.3 is 0 Å². The molecule has 0 fully saturated rings. The number of nitrogens with two attached hydrogens (primary N) is 1. The summed E-state index contributed by atoms with van der Waals surface area (Å²) in [5.41, 5.74) is 6.91. The second-order valence-electron chi connectivity index (χ2n) is 6.79. The van der Waals surface area contributed by atoms with Crippen molar-refractivity contribution in [2.24, 2.45) is 10.7 Å². The second-order valence-corrected chi connectivity index (χ2v) is 8.64. The Labute approximate surface area is 149 Å². The number of halogens is 1. The fraction of sp³-hybridized carbons (Fsp3) is 0.600. The minimum Gasteiger partial charge on any atom is -0.370 e. The molecular formula is C15H27IN4S. The summed E-state index contributed by atoms with van der Waals surface area (Å²) in [7, 11) is 0. The number of guanidine groups is 1. The van der Waals surface area contributed by atoms with Crippen LogP contribution in [0.4, 0.5) is 0 Å². The lowest BCUT2D eigenvalue weighted by Crippen LogP contribution is -2.44. The number of hydrogen-bond donors (Lipinski definition) is 2. The monoisotopic (exact) mass is 422 g/mol. The topological polar surface area (TPSA) is 63.3 Å². The van der Waals surface area contributed by atoms with Crippen LogP contribution < -0.4 is 11.1 Å². The van der Waals surface area contributed by atoms with E-state index in [1.54, 1.807) is 11.8 Å². The minimum absolute atomic E-state index is 0. The summed E-state index contributed by atoms with van der Waals surface area (Å²) in [6.45, 7) is 13.3. The Kier molecular flexibility index (Phi) is 8.02. The standard InChI is InChI=1S/C15H26N4S.HI/c1-14(2,3)19-13(16)18-10-11-7-8-17-12(9-11)20-15(4,5)6;/h7-9H,10H2,1-6H3,(H3,16,18,19);1H. The quantitative estimate of drug-likeness (QED) is 0.337. The normalized spacial score (nSPS) is 12.8. The number of hydrogen-bond acceptors (Lipinski definition) is 3. The van der Waals surface area contributed by atoms with E-state index in [0.29, 0.717) is 12.5 Å². The Hall–Kier alpha value is -0.500. The lowest BCUT2D eigenvalue weighted by molar-refractivity contribution is 0.508. The highest BCUT2D eigenvalue weighted by atomic mass is 127. The van der Waals surface area contributed by atoms with E-state index < -0.39 is 0 Å². The van der Waals surface area contributed by atoms with Gasteiger partial charge in [-0.3, -0.25) is 0 Å². The summed E-state index contributed by atoms with van der Waals surface area (Å²) in [4.78, 5) is 8.74. The van der Waals surface area contributed by atoms with Gasteiger partial charge in [0, 0.05) is 16.5 Å². The molecule has 1 heterocycles. The number of aromatic nitrogens is 1. The molecule has 1 rings (SSSR count). The fourth-order valence-electron chi connectivity index (χ4n) is 1.52. The average molecular weight is 422 g/mol. The third kappa shape index (κ3) is 9.95. The van der Waals surface area contributed by atoms with E-state index in [1.807, 2.05) is 12.3 Å². The number of nitrogens with one attached hydrogen (secondary N) is 1. The van der Waals surface area contributed by atoms with Crippen LogP contribution in [0.25, 0.3) is 0 Å². The maximum Gasteiger partial charge on any atom is 0.189 e. The van der Waals surface area contributed by atoms with Crippen LogP contribution in [0.3, 0.4) is 0 Å². The Morgan fingerprint density at radius 1 is 1.29 bits per heavy atom. The SMILES string of the molecule is CC(C)(C)NC(N)=NCc1ccnc(SC(C)(C)C)c1.I. The Balaban J connectivity index is 0.00000400. The molecule has 1 aromatic heterocycles.